The van der Waals surface area contributed by atoms with E-state index in [0.29, 0.717) is 5.52 Å². The Balaban J connectivity index is 2.06. The van der Waals surface area contributed by atoms with E-state index in [1.165, 1.54) is 12.1 Å². The van der Waals surface area contributed by atoms with Crippen molar-refractivity contribution in [2.45, 2.75) is 24.7 Å². The summed E-state index contributed by atoms with van der Waals surface area (Å²) in [5.74, 6) is -3.37. The highest BCUT2D eigenvalue weighted by Gasteiger charge is 2.47. The first kappa shape index (κ1) is 11.3. The zero-order valence-electron chi connectivity index (χ0n) is 9.21. The lowest BCUT2D eigenvalue weighted by Gasteiger charge is -2.33. The first-order valence-corrected chi connectivity index (χ1v) is 5.52. The van der Waals surface area contributed by atoms with Gasteiger partial charge in [-0.3, -0.25) is 4.79 Å². The third kappa shape index (κ3) is 1.77. The smallest absolute Gasteiger partial charge is 0.258 e. The highest BCUT2D eigenvalue weighted by molar-refractivity contribution is 5.77. The van der Waals surface area contributed by atoms with E-state index in [0.717, 1.165) is 6.07 Å². The van der Waals surface area contributed by atoms with Gasteiger partial charge in [0.15, 0.2) is 0 Å². The van der Waals surface area contributed by atoms with Gasteiger partial charge in [-0.1, -0.05) is 0 Å². The highest BCUT2D eigenvalue weighted by atomic mass is 19.3. The van der Waals surface area contributed by atoms with Crippen LogP contribution in [-0.2, 0) is 0 Å². The molecule has 6 heteroatoms. The molecule has 3 nitrogen and oxygen atoms in total. The van der Waals surface area contributed by atoms with Crippen LogP contribution in [0.1, 0.15) is 24.6 Å². The fourth-order valence-corrected chi connectivity index (χ4v) is 2.18. The summed E-state index contributed by atoms with van der Waals surface area (Å²) < 4.78 is 38.5. The molecular formula is C12H9F3N2O. The lowest BCUT2D eigenvalue weighted by atomic mass is 9.81. The van der Waals surface area contributed by atoms with Crippen LogP contribution in [0, 0.1) is 5.82 Å². The van der Waals surface area contributed by atoms with Gasteiger partial charge in [-0.2, -0.15) is 0 Å². The number of aromatic nitrogens is 2. The minimum atomic E-state index is -2.67. The number of nitrogens with one attached hydrogen (secondary N) is 1. The highest BCUT2D eigenvalue weighted by Crippen LogP contribution is 2.47. The van der Waals surface area contributed by atoms with Gasteiger partial charge >= 0.3 is 0 Å². The average Bonchev–Trinajstić information content (AvgIpc) is 2.26. The lowest BCUT2D eigenvalue weighted by Crippen LogP contribution is -2.35. The Hall–Kier alpha value is -1.85. The Kier molecular flexibility index (Phi) is 2.23. The summed E-state index contributed by atoms with van der Waals surface area (Å²) in [5, 5.41) is 0.129. The van der Waals surface area contributed by atoms with E-state index in [2.05, 4.69) is 9.97 Å². The molecule has 1 aromatic carbocycles. The molecule has 18 heavy (non-hydrogen) atoms. The van der Waals surface area contributed by atoms with Crippen molar-refractivity contribution in [3.63, 3.8) is 0 Å². The molecule has 0 saturated heterocycles. The third-order valence-electron chi connectivity index (χ3n) is 3.16. The van der Waals surface area contributed by atoms with Crippen molar-refractivity contribution in [2.75, 3.05) is 0 Å². The van der Waals surface area contributed by atoms with E-state index in [1.54, 1.807) is 0 Å². The molecule has 1 N–H and O–H groups in total. The monoisotopic (exact) mass is 254 g/mol. The predicted molar refractivity (Wildman–Crippen MR) is 59.2 cm³/mol. The zero-order valence-corrected chi connectivity index (χ0v) is 9.21. The quantitative estimate of drug-likeness (QED) is 0.850. The molecule has 0 amide bonds. The second kappa shape index (κ2) is 3.57. The number of nitrogens with zero attached hydrogens (tertiary/aromatic N) is 1. The number of rotatable bonds is 1. The summed E-state index contributed by atoms with van der Waals surface area (Å²) >= 11 is 0. The fourth-order valence-electron chi connectivity index (χ4n) is 2.18. The van der Waals surface area contributed by atoms with Gasteiger partial charge in [-0.05, 0) is 18.2 Å². The Labute approximate surface area is 99.7 Å². The Bertz CT molecular complexity index is 673. The van der Waals surface area contributed by atoms with Crippen LogP contribution >= 0.6 is 0 Å². The van der Waals surface area contributed by atoms with Crippen LogP contribution in [0.15, 0.2) is 23.0 Å². The largest absolute Gasteiger partial charge is 0.310 e. The molecule has 3 rings (SSSR count). The summed E-state index contributed by atoms with van der Waals surface area (Å²) in [7, 11) is 0. The Morgan fingerprint density at radius 1 is 1.33 bits per heavy atom. The second-order valence-electron chi connectivity index (χ2n) is 4.57. The minimum absolute atomic E-state index is 0.129. The maximum Gasteiger partial charge on any atom is 0.258 e. The molecule has 0 bridgehead atoms. The summed E-state index contributed by atoms with van der Waals surface area (Å²) in [6.45, 7) is 0. The van der Waals surface area contributed by atoms with E-state index >= 15 is 0 Å². The third-order valence-corrected chi connectivity index (χ3v) is 3.16. The number of hydrogen-bond donors (Lipinski definition) is 1. The van der Waals surface area contributed by atoms with Crippen molar-refractivity contribution in [3.05, 3.63) is 40.2 Å². The standard InChI is InChI=1S/C12H9F3N2O/c13-7-1-2-9-8(3-7)11(18)17-10(16-9)6-4-12(14,15)5-6/h1-3,6H,4-5H2,(H,16,17,18). The van der Waals surface area contributed by atoms with Crippen molar-refractivity contribution in [1.82, 2.24) is 9.97 Å². The number of halogens is 3. The number of fused-ring (bicyclic) bond motifs is 1. The SMILES string of the molecule is O=c1[nH]c(C2CC(F)(F)C2)nc2ccc(F)cc12. The van der Waals surface area contributed by atoms with Gasteiger partial charge in [0.05, 0.1) is 10.9 Å². The molecule has 0 aliphatic heterocycles. The van der Waals surface area contributed by atoms with Gasteiger partial charge in [0, 0.05) is 18.8 Å². The Morgan fingerprint density at radius 2 is 2.06 bits per heavy atom. The lowest BCUT2D eigenvalue weighted by molar-refractivity contribution is -0.0885. The number of alkyl halides is 2. The van der Waals surface area contributed by atoms with Crippen LogP contribution < -0.4 is 5.56 Å². The van der Waals surface area contributed by atoms with Crippen LogP contribution in [-0.4, -0.2) is 15.9 Å². The van der Waals surface area contributed by atoms with Gasteiger partial charge in [-0.25, -0.2) is 18.2 Å². The number of hydrogen-bond acceptors (Lipinski definition) is 2. The normalized spacial score (nSPS) is 18.8. The summed E-state index contributed by atoms with van der Waals surface area (Å²) in [5.41, 5.74) is -0.171. The molecule has 1 heterocycles. The van der Waals surface area contributed by atoms with Gasteiger partial charge in [0.25, 0.3) is 5.56 Å². The molecule has 94 valence electrons. The van der Waals surface area contributed by atoms with Crippen LogP contribution in [0.2, 0.25) is 0 Å². The first-order chi connectivity index (χ1) is 8.44. The van der Waals surface area contributed by atoms with E-state index in [-0.39, 0.29) is 24.1 Å². The van der Waals surface area contributed by atoms with Crippen LogP contribution in [0.4, 0.5) is 13.2 Å². The predicted octanol–water partition coefficient (Wildman–Crippen LogP) is 2.57. The van der Waals surface area contributed by atoms with Gasteiger partial charge in [0.1, 0.15) is 11.6 Å². The van der Waals surface area contributed by atoms with Crippen molar-refractivity contribution in [2.24, 2.45) is 0 Å². The Morgan fingerprint density at radius 3 is 2.72 bits per heavy atom. The van der Waals surface area contributed by atoms with Gasteiger partial charge in [-0.15, -0.1) is 0 Å². The van der Waals surface area contributed by atoms with Crippen molar-refractivity contribution in [1.29, 1.82) is 0 Å². The van der Waals surface area contributed by atoms with Crippen LogP contribution in [0.3, 0.4) is 0 Å². The molecule has 1 aliphatic carbocycles. The van der Waals surface area contributed by atoms with Crippen LogP contribution in [0.5, 0.6) is 0 Å². The molecule has 0 spiro atoms. The molecule has 0 radical (unpaired) electrons. The molecule has 1 aliphatic rings. The molecular weight excluding hydrogens is 245 g/mol. The maximum absolute atomic E-state index is 13.0. The number of benzene rings is 1. The molecule has 1 fully saturated rings. The molecule has 1 saturated carbocycles. The van der Waals surface area contributed by atoms with Crippen molar-refractivity contribution >= 4 is 10.9 Å². The zero-order chi connectivity index (χ0) is 12.9. The van der Waals surface area contributed by atoms with E-state index in [1.807, 2.05) is 0 Å². The van der Waals surface area contributed by atoms with Crippen LogP contribution in [0.25, 0.3) is 10.9 Å². The van der Waals surface area contributed by atoms with Gasteiger partial charge < -0.3 is 4.98 Å². The maximum atomic E-state index is 13.0. The van der Waals surface area contributed by atoms with Crippen molar-refractivity contribution < 1.29 is 13.2 Å². The summed E-state index contributed by atoms with van der Waals surface area (Å²) in [6.07, 6.45) is -0.606. The topological polar surface area (TPSA) is 45.8 Å². The first-order valence-electron chi connectivity index (χ1n) is 5.52. The van der Waals surface area contributed by atoms with Gasteiger partial charge in [0.2, 0.25) is 5.92 Å². The number of aromatic amines is 1. The minimum Gasteiger partial charge on any atom is -0.310 e. The van der Waals surface area contributed by atoms with E-state index < -0.39 is 23.2 Å². The fraction of sp³-hybridized carbons (Fsp3) is 0.333. The average molecular weight is 254 g/mol. The summed E-state index contributed by atoms with van der Waals surface area (Å²) in [6, 6.07) is 3.65. The molecule has 0 unspecified atom stereocenters. The summed E-state index contributed by atoms with van der Waals surface area (Å²) in [4.78, 5) is 18.3. The van der Waals surface area contributed by atoms with Crippen molar-refractivity contribution in [3.8, 4) is 0 Å². The van der Waals surface area contributed by atoms with E-state index in [9.17, 15) is 18.0 Å². The molecule has 2 aromatic rings. The molecule has 0 atom stereocenters. The number of H-pyrrole nitrogens is 1. The second-order valence-corrected chi connectivity index (χ2v) is 4.57. The molecule has 1 aromatic heterocycles. The van der Waals surface area contributed by atoms with E-state index in [4.69, 9.17) is 0 Å².